The molecule has 1 heterocycles. The lowest BCUT2D eigenvalue weighted by molar-refractivity contribution is 0.0492. The molecule has 0 aliphatic carbocycles. The van der Waals surface area contributed by atoms with E-state index in [2.05, 4.69) is 15.4 Å². The van der Waals surface area contributed by atoms with E-state index in [1.165, 1.54) is 4.80 Å². The number of hydrogen-bond acceptors (Lipinski definition) is 5. The van der Waals surface area contributed by atoms with Crippen LogP contribution in [0.2, 0.25) is 0 Å². The summed E-state index contributed by atoms with van der Waals surface area (Å²) < 4.78 is 5.29. The van der Waals surface area contributed by atoms with Gasteiger partial charge in [0.2, 0.25) is 5.82 Å². The van der Waals surface area contributed by atoms with E-state index >= 15 is 0 Å². The lowest BCUT2D eigenvalue weighted by Crippen LogP contribution is -2.11. The molecule has 0 atom stereocenters. The normalized spacial score (nSPS) is 10.5. The second kappa shape index (κ2) is 7.50. The molecule has 0 N–H and O–H groups in total. The van der Waals surface area contributed by atoms with Crippen LogP contribution in [0.5, 0.6) is 0 Å². The fourth-order valence-corrected chi connectivity index (χ4v) is 2.29. The number of benzene rings is 2. The van der Waals surface area contributed by atoms with Crippen molar-refractivity contribution in [2.45, 2.75) is 19.9 Å². The van der Waals surface area contributed by atoms with Gasteiger partial charge in [-0.1, -0.05) is 48.5 Å². The van der Waals surface area contributed by atoms with Crippen molar-refractivity contribution in [1.29, 1.82) is 0 Å². The summed E-state index contributed by atoms with van der Waals surface area (Å²) in [7, 11) is 0. The molecule has 0 saturated carbocycles. The fraction of sp³-hybridized carbons (Fsp3) is 0.222. The van der Waals surface area contributed by atoms with Gasteiger partial charge in [-0.05, 0) is 23.8 Å². The number of esters is 1. The van der Waals surface area contributed by atoms with E-state index in [1.807, 2.05) is 55.5 Å². The van der Waals surface area contributed by atoms with Crippen LogP contribution in [-0.4, -0.2) is 32.8 Å². The average molecular weight is 322 g/mol. The van der Waals surface area contributed by atoms with Gasteiger partial charge in [-0.2, -0.15) is 4.80 Å². The Hall–Kier alpha value is -3.02. The van der Waals surface area contributed by atoms with Crippen molar-refractivity contribution in [2.75, 3.05) is 6.61 Å². The van der Waals surface area contributed by atoms with Crippen molar-refractivity contribution >= 4 is 5.97 Å². The zero-order valence-corrected chi connectivity index (χ0v) is 13.4. The molecule has 0 aliphatic heterocycles. The quantitative estimate of drug-likeness (QED) is 0.515. The summed E-state index contributed by atoms with van der Waals surface area (Å²) in [5.41, 5.74) is 2.44. The number of hydrogen-bond donors (Lipinski definition) is 0. The van der Waals surface area contributed by atoms with Crippen molar-refractivity contribution in [3.8, 4) is 11.4 Å². The van der Waals surface area contributed by atoms with Gasteiger partial charge in [0.25, 0.3) is 0 Å². The predicted molar refractivity (Wildman–Crippen MR) is 89.3 cm³/mol. The van der Waals surface area contributed by atoms with Gasteiger partial charge in [-0.25, -0.2) is 4.79 Å². The largest absolute Gasteiger partial charge is 0.462 e. The maximum atomic E-state index is 12.0. The minimum Gasteiger partial charge on any atom is -0.462 e. The van der Waals surface area contributed by atoms with Crippen LogP contribution in [-0.2, 0) is 11.3 Å². The van der Waals surface area contributed by atoms with Crippen molar-refractivity contribution in [3.63, 3.8) is 0 Å². The number of tetrazole rings is 1. The molecule has 0 saturated heterocycles. The summed E-state index contributed by atoms with van der Waals surface area (Å²) in [5.74, 6) is 0.289. The van der Waals surface area contributed by atoms with E-state index in [4.69, 9.17) is 4.74 Å². The van der Waals surface area contributed by atoms with Crippen LogP contribution in [0.3, 0.4) is 0 Å². The van der Waals surface area contributed by atoms with Gasteiger partial charge >= 0.3 is 5.97 Å². The third-order valence-electron chi connectivity index (χ3n) is 3.59. The Morgan fingerprint density at radius 1 is 1.08 bits per heavy atom. The van der Waals surface area contributed by atoms with Crippen molar-refractivity contribution < 1.29 is 9.53 Å². The Morgan fingerprint density at radius 2 is 1.83 bits per heavy atom. The minimum atomic E-state index is -0.301. The highest BCUT2D eigenvalue weighted by Gasteiger charge is 2.09. The standard InChI is InChI=1S/C18H18N4O2/c1-14-8-5-6-11-16(14)18(23)24-13-7-12-22-20-17(19-21-22)15-9-3-2-4-10-15/h2-6,8-11H,7,12-13H2,1H3. The third kappa shape index (κ3) is 3.84. The first-order chi connectivity index (χ1) is 11.7. The summed E-state index contributed by atoms with van der Waals surface area (Å²) in [4.78, 5) is 13.5. The van der Waals surface area contributed by atoms with E-state index in [1.54, 1.807) is 6.07 Å². The van der Waals surface area contributed by atoms with Gasteiger partial charge in [0.1, 0.15) is 0 Å². The zero-order valence-electron chi connectivity index (χ0n) is 13.4. The molecule has 24 heavy (non-hydrogen) atoms. The summed E-state index contributed by atoms with van der Waals surface area (Å²) in [6, 6.07) is 17.1. The Labute approximate surface area is 140 Å². The van der Waals surface area contributed by atoms with E-state index < -0.39 is 0 Å². The molecule has 0 spiro atoms. The van der Waals surface area contributed by atoms with Gasteiger partial charge < -0.3 is 4.74 Å². The highest BCUT2D eigenvalue weighted by Crippen LogP contribution is 2.12. The van der Waals surface area contributed by atoms with Crippen LogP contribution in [0.15, 0.2) is 54.6 Å². The van der Waals surface area contributed by atoms with Gasteiger partial charge in [0, 0.05) is 12.0 Å². The molecule has 0 unspecified atom stereocenters. The number of aromatic nitrogens is 4. The first-order valence-electron chi connectivity index (χ1n) is 7.80. The van der Waals surface area contributed by atoms with Crippen molar-refractivity contribution in [2.24, 2.45) is 0 Å². The highest BCUT2D eigenvalue weighted by molar-refractivity contribution is 5.90. The fourth-order valence-electron chi connectivity index (χ4n) is 2.29. The molecule has 0 aliphatic rings. The molecule has 0 radical (unpaired) electrons. The number of aryl methyl sites for hydroxylation is 2. The van der Waals surface area contributed by atoms with Crippen LogP contribution in [0.25, 0.3) is 11.4 Å². The van der Waals surface area contributed by atoms with E-state index in [-0.39, 0.29) is 5.97 Å². The Balaban J connectivity index is 1.48. The average Bonchev–Trinajstić information content (AvgIpc) is 3.09. The molecule has 6 heteroatoms. The SMILES string of the molecule is Cc1ccccc1C(=O)OCCCn1nnc(-c2ccccc2)n1. The molecule has 0 fully saturated rings. The Morgan fingerprint density at radius 3 is 2.62 bits per heavy atom. The Bertz CT molecular complexity index is 815. The number of rotatable bonds is 6. The Kier molecular flexibility index (Phi) is 4.96. The zero-order chi connectivity index (χ0) is 16.8. The van der Waals surface area contributed by atoms with Crippen molar-refractivity contribution in [3.05, 3.63) is 65.7 Å². The highest BCUT2D eigenvalue weighted by atomic mass is 16.5. The van der Waals surface area contributed by atoms with E-state index in [0.717, 1.165) is 11.1 Å². The summed E-state index contributed by atoms with van der Waals surface area (Å²) in [6.45, 7) is 2.75. The van der Waals surface area contributed by atoms with E-state index in [0.29, 0.717) is 31.0 Å². The van der Waals surface area contributed by atoms with Crippen LogP contribution in [0, 0.1) is 6.92 Å². The predicted octanol–water partition coefficient (Wildman–Crippen LogP) is 2.90. The number of carbonyl (C=O) groups excluding carboxylic acids is 1. The van der Waals surface area contributed by atoms with Crippen LogP contribution >= 0.6 is 0 Å². The molecule has 3 aromatic rings. The maximum Gasteiger partial charge on any atom is 0.338 e. The molecule has 6 nitrogen and oxygen atoms in total. The molecule has 0 bridgehead atoms. The van der Waals surface area contributed by atoms with Crippen LogP contribution in [0.1, 0.15) is 22.3 Å². The summed E-state index contributed by atoms with van der Waals surface area (Å²) >= 11 is 0. The summed E-state index contributed by atoms with van der Waals surface area (Å²) in [5, 5.41) is 12.4. The topological polar surface area (TPSA) is 69.9 Å². The van der Waals surface area contributed by atoms with E-state index in [9.17, 15) is 4.79 Å². The molecule has 0 amide bonds. The monoisotopic (exact) mass is 322 g/mol. The molecule has 2 aromatic carbocycles. The molecular formula is C18H18N4O2. The van der Waals surface area contributed by atoms with Crippen LogP contribution < -0.4 is 0 Å². The van der Waals surface area contributed by atoms with Gasteiger partial charge in [0.05, 0.1) is 18.7 Å². The molecular weight excluding hydrogens is 304 g/mol. The minimum absolute atomic E-state index is 0.301. The second-order valence-electron chi connectivity index (χ2n) is 5.38. The number of ether oxygens (including phenoxy) is 1. The second-order valence-corrected chi connectivity index (χ2v) is 5.38. The van der Waals surface area contributed by atoms with Gasteiger partial charge in [0.15, 0.2) is 0 Å². The summed E-state index contributed by atoms with van der Waals surface area (Å²) in [6.07, 6.45) is 0.627. The molecule has 3 rings (SSSR count). The first kappa shape index (κ1) is 15.9. The third-order valence-corrected chi connectivity index (χ3v) is 3.59. The van der Waals surface area contributed by atoms with Crippen molar-refractivity contribution in [1.82, 2.24) is 20.2 Å². The van der Waals surface area contributed by atoms with Crippen LogP contribution in [0.4, 0.5) is 0 Å². The number of carbonyl (C=O) groups is 1. The maximum absolute atomic E-state index is 12.0. The van der Waals surface area contributed by atoms with Gasteiger partial charge in [-0.15, -0.1) is 10.2 Å². The number of nitrogens with zero attached hydrogens (tertiary/aromatic N) is 4. The van der Waals surface area contributed by atoms with Gasteiger partial charge in [-0.3, -0.25) is 0 Å². The lowest BCUT2D eigenvalue weighted by atomic mass is 10.1. The first-order valence-corrected chi connectivity index (χ1v) is 7.80. The lowest BCUT2D eigenvalue weighted by Gasteiger charge is -2.06. The molecule has 122 valence electrons. The smallest absolute Gasteiger partial charge is 0.338 e. The molecule has 1 aromatic heterocycles.